The summed E-state index contributed by atoms with van der Waals surface area (Å²) in [5.41, 5.74) is 1.76. The van der Waals surface area contributed by atoms with Crippen LogP contribution in [0.15, 0.2) is 13.6 Å². The van der Waals surface area contributed by atoms with Gasteiger partial charge >= 0.3 is 5.97 Å². The molecule has 0 spiro atoms. The molecule has 2 aromatic rings. The number of ether oxygens (including phenoxy) is 1. The van der Waals surface area contributed by atoms with Gasteiger partial charge in [-0.3, -0.25) is 4.79 Å². The number of halogens is 2. The van der Waals surface area contributed by atoms with E-state index in [1.807, 2.05) is 13.8 Å². The number of anilines is 1. The highest BCUT2D eigenvalue weighted by Gasteiger charge is 2.23. The van der Waals surface area contributed by atoms with Crippen LogP contribution >= 0.6 is 54.5 Å². The SMILES string of the molecule is COC(=O)c1c(NC(=O)c2cc(Br)sc2Br)sc(C)c1C. The number of amides is 1. The molecule has 1 N–H and O–H groups in total. The minimum absolute atomic E-state index is 0.268. The number of aryl methyl sites for hydroxylation is 1. The van der Waals surface area contributed by atoms with Gasteiger partial charge in [0.15, 0.2) is 0 Å². The van der Waals surface area contributed by atoms with Gasteiger partial charge in [0.25, 0.3) is 5.91 Å². The summed E-state index contributed by atoms with van der Waals surface area (Å²) in [6.07, 6.45) is 0. The van der Waals surface area contributed by atoms with Gasteiger partial charge in [0, 0.05) is 4.88 Å². The Morgan fingerprint density at radius 3 is 2.43 bits per heavy atom. The van der Waals surface area contributed by atoms with E-state index in [4.69, 9.17) is 4.74 Å². The van der Waals surface area contributed by atoms with Crippen molar-refractivity contribution in [2.45, 2.75) is 13.8 Å². The van der Waals surface area contributed by atoms with Crippen LogP contribution in [0.5, 0.6) is 0 Å². The summed E-state index contributed by atoms with van der Waals surface area (Å²) in [5, 5.41) is 3.30. The van der Waals surface area contributed by atoms with Crippen LogP contribution in [-0.4, -0.2) is 19.0 Å². The van der Waals surface area contributed by atoms with E-state index in [0.717, 1.165) is 18.0 Å². The highest BCUT2D eigenvalue weighted by molar-refractivity contribution is 9.12. The lowest BCUT2D eigenvalue weighted by atomic mass is 10.1. The third kappa shape index (κ3) is 3.39. The summed E-state index contributed by atoms with van der Waals surface area (Å²) < 4.78 is 6.37. The van der Waals surface area contributed by atoms with Crippen molar-refractivity contribution in [2.24, 2.45) is 0 Å². The number of thiophene rings is 2. The Morgan fingerprint density at radius 1 is 1.24 bits per heavy atom. The van der Waals surface area contributed by atoms with Crippen molar-refractivity contribution < 1.29 is 14.3 Å². The minimum atomic E-state index is -0.447. The Labute approximate surface area is 146 Å². The molecule has 0 aliphatic carbocycles. The first-order valence-corrected chi connectivity index (χ1v) is 9.01. The Morgan fingerprint density at radius 2 is 1.90 bits per heavy atom. The topological polar surface area (TPSA) is 55.4 Å². The fourth-order valence-electron chi connectivity index (χ4n) is 1.73. The van der Waals surface area contributed by atoms with Gasteiger partial charge in [0.2, 0.25) is 0 Å². The second-order valence-corrected chi connectivity index (χ2v) is 9.15. The number of hydrogen-bond acceptors (Lipinski definition) is 5. The summed E-state index contributed by atoms with van der Waals surface area (Å²) >= 11 is 9.47. The number of rotatable bonds is 3. The van der Waals surface area contributed by atoms with Gasteiger partial charge in [-0.2, -0.15) is 0 Å². The van der Waals surface area contributed by atoms with Gasteiger partial charge in [-0.05, 0) is 57.3 Å². The molecule has 0 aliphatic heterocycles. The van der Waals surface area contributed by atoms with Crippen LogP contribution in [0.2, 0.25) is 0 Å². The normalized spacial score (nSPS) is 10.5. The summed E-state index contributed by atoms with van der Waals surface area (Å²) in [5.74, 6) is -0.715. The van der Waals surface area contributed by atoms with E-state index in [9.17, 15) is 9.59 Å². The van der Waals surface area contributed by atoms with E-state index in [1.165, 1.54) is 29.8 Å². The number of hydrogen-bond donors (Lipinski definition) is 1. The van der Waals surface area contributed by atoms with Crippen LogP contribution in [0.1, 0.15) is 31.2 Å². The maximum absolute atomic E-state index is 12.3. The molecule has 0 fully saturated rings. The van der Waals surface area contributed by atoms with Crippen LogP contribution < -0.4 is 5.32 Å². The molecular formula is C13H11Br2NO3S2. The third-order valence-corrected chi connectivity index (χ3v) is 6.37. The maximum atomic E-state index is 12.3. The van der Waals surface area contributed by atoms with Crippen LogP contribution in [0.25, 0.3) is 0 Å². The first-order valence-electron chi connectivity index (χ1n) is 5.79. The molecule has 0 radical (unpaired) electrons. The predicted molar refractivity (Wildman–Crippen MR) is 92.8 cm³/mol. The van der Waals surface area contributed by atoms with Crippen molar-refractivity contribution in [3.63, 3.8) is 0 Å². The minimum Gasteiger partial charge on any atom is -0.465 e. The number of carbonyl (C=O) groups is 2. The molecule has 0 aliphatic rings. The highest BCUT2D eigenvalue weighted by Crippen LogP contribution is 2.35. The molecule has 21 heavy (non-hydrogen) atoms. The standard InChI is InChI=1S/C13H11Br2NO3S2/c1-5-6(2)20-12(9(5)13(18)19-3)16-11(17)7-4-8(14)21-10(7)15/h4H,1-3H3,(H,16,17). The summed E-state index contributed by atoms with van der Waals surface area (Å²) in [6.45, 7) is 3.74. The Balaban J connectivity index is 2.36. The molecule has 0 unspecified atom stereocenters. The molecule has 0 saturated carbocycles. The fourth-order valence-corrected chi connectivity index (χ4v) is 5.57. The number of nitrogens with one attached hydrogen (secondary N) is 1. The molecule has 4 nitrogen and oxygen atoms in total. The van der Waals surface area contributed by atoms with Gasteiger partial charge in [0.05, 0.1) is 25.8 Å². The van der Waals surface area contributed by atoms with E-state index >= 15 is 0 Å². The van der Waals surface area contributed by atoms with E-state index < -0.39 is 5.97 Å². The van der Waals surface area contributed by atoms with Crippen molar-refractivity contribution in [1.82, 2.24) is 0 Å². The zero-order chi connectivity index (χ0) is 15.7. The van der Waals surface area contributed by atoms with E-state index in [-0.39, 0.29) is 5.91 Å². The summed E-state index contributed by atoms with van der Waals surface area (Å²) in [7, 11) is 1.33. The lowest BCUT2D eigenvalue weighted by Gasteiger charge is -2.05. The predicted octanol–water partition coefficient (Wildman–Crippen LogP) is 4.99. The zero-order valence-corrected chi connectivity index (χ0v) is 16.2. The van der Waals surface area contributed by atoms with Crippen molar-refractivity contribution in [3.05, 3.63) is 35.2 Å². The molecule has 2 rings (SSSR count). The molecule has 0 atom stereocenters. The maximum Gasteiger partial charge on any atom is 0.341 e. The van der Waals surface area contributed by atoms with Crippen LogP contribution in [0.3, 0.4) is 0 Å². The van der Waals surface area contributed by atoms with Crippen LogP contribution in [0.4, 0.5) is 5.00 Å². The molecule has 0 saturated heterocycles. The van der Waals surface area contributed by atoms with Crippen LogP contribution in [-0.2, 0) is 4.74 Å². The van der Waals surface area contributed by atoms with Crippen molar-refractivity contribution in [2.75, 3.05) is 12.4 Å². The van der Waals surface area contributed by atoms with E-state index in [2.05, 4.69) is 37.2 Å². The smallest absolute Gasteiger partial charge is 0.341 e. The first kappa shape index (κ1) is 16.7. The second kappa shape index (κ2) is 6.60. The average molecular weight is 453 g/mol. The quantitative estimate of drug-likeness (QED) is 0.667. The van der Waals surface area contributed by atoms with Gasteiger partial charge in [-0.15, -0.1) is 22.7 Å². The van der Waals surface area contributed by atoms with Gasteiger partial charge in [-0.1, -0.05) is 0 Å². The van der Waals surface area contributed by atoms with Gasteiger partial charge in [-0.25, -0.2) is 4.79 Å². The van der Waals surface area contributed by atoms with E-state index in [0.29, 0.717) is 16.1 Å². The molecular weight excluding hydrogens is 442 g/mol. The molecule has 0 aromatic carbocycles. The summed E-state index contributed by atoms with van der Waals surface area (Å²) in [6, 6.07) is 1.73. The zero-order valence-electron chi connectivity index (χ0n) is 11.4. The lowest BCUT2D eigenvalue weighted by Crippen LogP contribution is -2.14. The van der Waals surface area contributed by atoms with Crippen molar-refractivity contribution >= 4 is 71.4 Å². The highest BCUT2D eigenvalue weighted by atomic mass is 79.9. The van der Waals surface area contributed by atoms with E-state index in [1.54, 1.807) is 6.07 Å². The van der Waals surface area contributed by atoms with Crippen LogP contribution in [0, 0.1) is 13.8 Å². The molecule has 2 aromatic heterocycles. The first-order chi connectivity index (χ1) is 9.85. The Bertz CT molecular complexity index is 721. The lowest BCUT2D eigenvalue weighted by molar-refractivity contribution is 0.0601. The Hall–Kier alpha value is -0.700. The second-order valence-electron chi connectivity index (χ2n) is 4.17. The molecule has 1 amide bonds. The number of carbonyl (C=O) groups excluding carboxylic acids is 2. The largest absolute Gasteiger partial charge is 0.465 e. The van der Waals surface area contributed by atoms with Gasteiger partial charge in [0.1, 0.15) is 5.00 Å². The number of esters is 1. The molecule has 0 bridgehead atoms. The third-order valence-electron chi connectivity index (χ3n) is 2.90. The molecule has 2 heterocycles. The van der Waals surface area contributed by atoms with Gasteiger partial charge < -0.3 is 10.1 Å². The molecule has 8 heteroatoms. The number of methoxy groups -OCH3 is 1. The van der Waals surface area contributed by atoms with Crippen molar-refractivity contribution in [1.29, 1.82) is 0 Å². The summed E-state index contributed by atoms with van der Waals surface area (Å²) in [4.78, 5) is 25.2. The Kier molecular flexibility index (Phi) is 5.24. The molecule has 112 valence electrons. The average Bonchev–Trinajstić information content (AvgIpc) is 2.89. The monoisotopic (exact) mass is 451 g/mol. The fraction of sp³-hybridized carbons (Fsp3) is 0.231. The van der Waals surface area contributed by atoms with Crippen molar-refractivity contribution in [3.8, 4) is 0 Å².